The summed E-state index contributed by atoms with van der Waals surface area (Å²) in [6, 6.07) is 47.9. The third-order valence-corrected chi connectivity index (χ3v) is 11.9. The highest BCUT2D eigenvalue weighted by atomic mass is 32.1. The minimum absolute atomic E-state index is 0.0472. The van der Waals surface area contributed by atoms with Crippen LogP contribution in [-0.2, 0) is 0 Å². The molecule has 4 aromatic heterocycles. The smallest absolute Gasteiger partial charge is 0.160 e. The number of para-hydroxylation sites is 3. The summed E-state index contributed by atoms with van der Waals surface area (Å²) in [4.78, 5) is 9.82. The highest BCUT2D eigenvalue weighted by molar-refractivity contribution is 7.26. The largest absolute Gasteiger partial charge is 0.455 e. The number of fused-ring (bicyclic) bond motifs is 11. The summed E-state index contributed by atoms with van der Waals surface area (Å²) in [5.74, 6) is 0.389. The van der Waals surface area contributed by atoms with Crippen LogP contribution in [-0.4, -0.2) is 14.5 Å². The number of thiophene rings is 1. The fourth-order valence-electron chi connectivity index (χ4n) is 8.22. The quantitative estimate of drug-likeness (QED) is 0.181. The van der Waals surface area contributed by atoms with Crippen molar-refractivity contribution in [3.63, 3.8) is 0 Å². The van der Waals surface area contributed by atoms with Gasteiger partial charge in [0.1, 0.15) is 11.2 Å². The van der Waals surface area contributed by atoms with Gasteiger partial charge in [-0.15, -0.1) is 11.3 Å². The van der Waals surface area contributed by atoms with E-state index in [0.29, 0.717) is 22.4 Å². The maximum absolute atomic E-state index is 8.74. The van der Waals surface area contributed by atoms with E-state index in [1.54, 1.807) is 11.3 Å². The van der Waals surface area contributed by atoms with Gasteiger partial charge in [0, 0.05) is 64.8 Å². The molecule has 0 aliphatic carbocycles. The lowest BCUT2D eigenvalue weighted by Gasteiger charge is -2.12. The molecule has 0 fully saturated rings. The zero-order chi connectivity index (χ0) is 40.4. The number of nitrogens with zero attached hydrogens (tertiary/aromatic N) is 3. The van der Waals surface area contributed by atoms with Crippen molar-refractivity contribution in [1.82, 2.24) is 14.5 Å². The Morgan fingerprint density at radius 2 is 1.29 bits per heavy atom. The van der Waals surface area contributed by atoms with Gasteiger partial charge in [-0.2, -0.15) is 0 Å². The Morgan fingerprint density at radius 3 is 2.18 bits per heavy atom. The van der Waals surface area contributed by atoms with Crippen LogP contribution in [0, 0.1) is 0 Å². The summed E-state index contributed by atoms with van der Waals surface area (Å²) in [6.07, 6.45) is 0. The van der Waals surface area contributed by atoms with Crippen molar-refractivity contribution in [3.8, 4) is 39.5 Å². The molecule has 256 valence electrons. The standard InChI is InChI=1S/C50H29N3OS/c1-2-11-30(12-3-1)46-40-15-4-7-18-42(40)51-50(52-46)31-21-24-33(25-22-31)53-43-28-23-32(34-16-10-17-38-35-13-5-8-19-44(35)54-48(34)38)29-41(43)37-26-27-39-36-14-6-9-20-45(36)55-49(39)47(37)53/h1-29H/i1D,2D,3D,11D,12D. The zero-order valence-corrected chi connectivity index (χ0v) is 29.8. The van der Waals surface area contributed by atoms with Gasteiger partial charge in [0.15, 0.2) is 5.82 Å². The van der Waals surface area contributed by atoms with Crippen LogP contribution in [0.1, 0.15) is 6.85 Å². The molecule has 0 saturated heterocycles. The predicted octanol–water partition coefficient (Wildman–Crippen LogP) is 14.0. The molecule has 0 radical (unpaired) electrons. The summed E-state index contributed by atoms with van der Waals surface area (Å²) in [5, 5.41) is 7.50. The van der Waals surface area contributed by atoms with Crippen molar-refractivity contribution in [3.05, 3.63) is 176 Å². The minimum atomic E-state index is -0.444. The van der Waals surface area contributed by atoms with Gasteiger partial charge in [-0.05, 0) is 60.2 Å². The van der Waals surface area contributed by atoms with Crippen LogP contribution in [0.3, 0.4) is 0 Å². The number of hydrogen-bond donors (Lipinski definition) is 0. The van der Waals surface area contributed by atoms with Crippen molar-refractivity contribution < 1.29 is 11.3 Å². The Labute approximate surface area is 326 Å². The van der Waals surface area contributed by atoms with Crippen LogP contribution >= 0.6 is 11.3 Å². The normalized spacial score (nSPS) is 13.3. The fraction of sp³-hybridized carbons (Fsp3) is 0. The molecule has 0 bridgehead atoms. The first kappa shape index (κ1) is 25.8. The molecule has 8 aromatic carbocycles. The average molecular weight is 725 g/mol. The first-order chi connectivity index (χ1) is 29.3. The molecule has 0 unspecified atom stereocenters. The minimum Gasteiger partial charge on any atom is -0.455 e. The van der Waals surface area contributed by atoms with Gasteiger partial charge >= 0.3 is 0 Å². The number of rotatable bonds is 4. The first-order valence-electron chi connectivity index (χ1n) is 20.6. The molecule has 0 aliphatic heterocycles. The summed E-state index contributed by atoms with van der Waals surface area (Å²) in [6.45, 7) is 0. The second-order valence-electron chi connectivity index (χ2n) is 13.7. The van der Waals surface area contributed by atoms with Gasteiger partial charge < -0.3 is 8.98 Å². The second-order valence-corrected chi connectivity index (χ2v) is 14.8. The van der Waals surface area contributed by atoms with Crippen molar-refractivity contribution in [2.45, 2.75) is 0 Å². The second kappa shape index (κ2) is 11.7. The van der Waals surface area contributed by atoms with Crippen molar-refractivity contribution in [2.24, 2.45) is 0 Å². The lowest BCUT2D eigenvalue weighted by atomic mass is 10.00. The molecule has 4 nitrogen and oxygen atoms in total. The molecule has 0 saturated carbocycles. The molecule has 0 amide bonds. The van der Waals surface area contributed by atoms with Crippen LogP contribution in [0.4, 0.5) is 0 Å². The van der Waals surface area contributed by atoms with E-state index < -0.39 is 18.1 Å². The van der Waals surface area contributed by atoms with E-state index in [4.69, 9.17) is 21.2 Å². The Morgan fingerprint density at radius 1 is 0.545 bits per heavy atom. The Kier molecular flexibility index (Phi) is 5.50. The van der Waals surface area contributed by atoms with Crippen LogP contribution in [0.5, 0.6) is 0 Å². The van der Waals surface area contributed by atoms with Gasteiger partial charge in [0.05, 0.1) is 33.8 Å². The average Bonchev–Trinajstić information content (AvgIpc) is 3.97. The number of furan rings is 1. The van der Waals surface area contributed by atoms with Crippen LogP contribution in [0.25, 0.3) is 114 Å². The van der Waals surface area contributed by atoms with E-state index in [9.17, 15) is 0 Å². The topological polar surface area (TPSA) is 43.9 Å². The third kappa shape index (κ3) is 4.57. The molecule has 4 heterocycles. The lowest BCUT2D eigenvalue weighted by Crippen LogP contribution is -1.97. The molecular formula is C50H29N3OS. The van der Waals surface area contributed by atoms with Crippen LogP contribution in [0.2, 0.25) is 0 Å². The van der Waals surface area contributed by atoms with Gasteiger partial charge in [0.2, 0.25) is 0 Å². The molecule has 0 N–H and O–H groups in total. The molecule has 5 heteroatoms. The SMILES string of the molecule is [2H]c1c([2H])c([2H])c(-c2nc(-c3ccc(-n4c5ccc(-c6cccc7c6oc6ccccc67)cc5c5ccc6c7ccccc7sc6c54)cc3)nc3ccccc23)c([2H])c1[2H]. The Hall–Kier alpha value is -7.08. The van der Waals surface area contributed by atoms with Gasteiger partial charge in [-0.1, -0.05) is 121 Å². The van der Waals surface area contributed by atoms with Crippen molar-refractivity contribution in [2.75, 3.05) is 0 Å². The van der Waals surface area contributed by atoms with E-state index >= 15 is 0 Å². The molecule has 0 atom stereocenters. The first-order valence-corrected chi connectivity index (χ1v) is 18.9. The summed E-state index contributed by atoms with van der Waals surface area (Å²) in [7, 11) is 0. The number of aromatic nitrogens is 3. The van der Waals surface area contributed by atoms with Crippen LogP contribution < -0.4 is 0 Å². The molecule has 0 spiro atoms. The highest BCUT2D eigenvalue weighted by Gasteiger charge is 2.20. The van der Waals surface area contributed by atoms with E-state index in [0.717, 1.165) is 66.1 Å². The molecule has 12 rings (SSSR count). The summed E-state index contributed by atoms with van der Waals surface area (Å²) >= 11 is 1.80. The van der Waals surface area contributed by atoms with Crippen LogP contribution in [0.15, 0.2) is 180 Å². The van der Waals surface area contributed by atoms with Gasteiger partial charge in [-0.25, -0.2) is 9.97 Å². The Balaban J connectivity index is 1.06. The molecule has 0 aliphatic rings. The number of benzene rings is 8. The zero-order valence-electron chi connectivity index (χ0n) is 34.0. The van der Waals surface area contributed by atoms with Gasteiger partial charge in [0.25, 0.3) is 0 Å². The van der Waals surface area contributed by atoms with Crippen molar-refractivity contribution >= 4 is 86.2 Å². The number of hydrogen-bond acceptors (Lipinski definition) is 4. The van der Waals surface area contributed by atoms with E-state index in [-0.39, 0.29) is 17.6 Å². The van der Waals surface area contributed by atoms with Crippen molar-refractivity contribution in [1.29, 1.82) is 0 Å². The maximum Gasteiger partial charge on any atom is 0.160 e. The van der Waals surface area contributed by atoms with E-state index in [2.05, 4.69) is 95.6 Å². The van der Waals surface area contributed by atoms with Gasteiger partial charge in [-0.3, -0.25) is 0 Å². The lowest BCUT2D eigenvalue weighted by molar-refractivity contribution is 0.670. The van der Waals surface area contributed by atoms with E-state index in [1.165, 1.54) is 20.2 Å². The summed E-state index contributed by atoms with van der Waals surface area (Å²) < 4.78 is 53.6. The molecular weight excluding hydrogens is 691 g/mol. The molecule has 12 aromatic rings. The monoisotopic (exact) mass is 724 g/mol. The fourth-order valence-corrected chi connectivity index (χ4v) is 9.46. The summed E-state index contributed by atoms with van der Waals surface area (Å²) in [5.41, 5.74) is 8.67. The predicted molar refractivity (Wildman–Crippen MR) is 230 cm³/mol. The third-order valence-electron chi connectivity index (χ3n) is 10.7. The Bertz CT molecular complexity index is 3770. The maximum atomic E-state index is 8.74. The van der Waals surface area contributed by atoms with E-state index in [1.807, 2.05) is 54.6 Å². The molecule has 55 heavy (non-hydrogen) atoms. The highest BCUT2D eigenvalue weighted by Crippen LogP contribution is 2.45.